The normalized spacial score (nSPS) is 13.1. The Bertz CT molecular complexity index is 1240. The van der Waals surface area contributed by atoms with E-state index < -0.39 is 9.84 Å². The third kappa shape index (κ3) is 4.49. The van der Waals surface area contributed by atoms with Gasteiger partial charge in [-0.3, -0.25) is 9.59 Å². The summed E-state index contributed by atoms with van der Waals surface area (Å²) in [6.07, 6.45) is 2.81. The number of nitrogens with one attached hydrogen (secondary N) is 2. The van der Waals surface area contributed by atoms with Crippen LogP contribution in [0.15, 0.2) is 64.3 Å². The van der Waals surface area contributed by atoms with E-state index in [0.29, 0.717) is 11.4 Å². The molecular weight excluding hydrogens is 402 g/mol. The number of rotatable bonds is 6. The Morgan fingerprint density at radius 3 is 2.67 bits per heavy atom. The number of amides is 1. The number of H-pyrrole nitrogens is 1. The van der Waals surface area contributed by atoms with Crippen molar-refractivity contribution < 1.29 is 13.2 Å². The number of aromatic amines is 1. The minimum atomic E-state index is -3.53. The smallest absolute Gasteiger partial charge is 0.264 e. The quantitative estimate of drug-likeness (QED) is 0.634. The minimum absolute atomic E-state index is 0.138. The minimum Gasteiger partial charge on any atom is -0.326 e. The summed E-state index contributed by atoms with van der Waals surface area (Å²) in [7, 11) is -3.53. The number of sulfone groups is 1. The fraction of sp³-hybridized carbons (Fsp3) is 0.227. The third-order valence-electron chi connectivity index (χ3n) is 5.15. The fourth-order valence-corrected chi connectivity index (χ4v) is 4.86. The molecule has 8 heteroatoms. The molecule has 0 saturated carbocycles. The maximum atomic E-state index is 12.6. The third-order valence-corrected chi connectivity index (χ3v) is 6.86. The van der Waals surface area contributed by atoms with Gasteiger partial charge in [-0.15, -0.1) is 0 Å². The summed E-state index contributed by atoms with van der Waals surface area (Å²) in [5.74, 6) is -0.634. The molecule has 0 atom stereocenters. The fourth-order valence-electron chi connectivity index (χ4n) is 3.57. The average Bonchev–Trinajstić information content (AvgIpc) is 3.21. The number of anilines is 1. The zero-order valence-corrected chi connectivity index (χ0v) is 17.0. The van der Waals surface area contributed by atoms with Crippen LogP contribution in [-0.4, -0.2) is 30.3 Å². The molecule has 7 nitrogen and oxygen atoms in total. The Morgan fingerprint density at radius 2 is 1.87 bits per heavy atom. The van der Waals surface area contributed by atoms with Gasteiger partial charge in [0.05, 0.1) is 16.3 Å². The molecule has 1 aromatic heterocycles. The zero-order chi connectivity index (χ0) is 21.1. The van der Waals surface area contributed by atoms with Crippen LogP contribution in [0.4, 0.5) is 5.69 Å². The van der Waals surface area contributed by atoms with Crippen molar-refractivity contribution >= 4 is 21.4 Å². The summed E-state index contributed by atoms with van der Waals surface area (Å²) in [5, 5.41) is 9.06. The lowest BCUT2D eigenvalue weighted by molar-refractivity contribution is -0.115. The van der Waals surface area contributed by atoms with Gasteiger partial charge in [0, 0.05) is 23.7 Å². The lowest BCUT2D eigenvalue weighted by Gasteiger charge is -2.09. The van der Waals surface area contributed by atoms with E-state index in [9.17, 15) is 18.0 Å². The van der Waals surface area contributed by atoms with Crippen molar-refractivity contribution in [3.8, 4) is 11.3 Å². The number of aryl methyl sites for hydroxylation is 2. The van der Waals surface area contributed by atoms with E-state index in [-0.39, 0.29) is 28.5 Å². The van der Waals surface area contributed by atoms with E-state index in [1.165, 1.54) is 11.6 Å². The lowest BCUT2D eigenvalue weighted by atomic mass is 10.1. The Balaban J connectivity index is 1.40. The molecular formula is C22H21N3O4S. The molecule has 1 heterocycles. The molecule has 2 N–H and O–H groups in total. The van der Waals surface area contributed by atoms with Crippen LogP contribution in [0.5, 0.6) is 0 Å². The Labute approximate surface area is 174 Å². The van der Waals surface area contributed by atoms with Crippen LogP contribution >= 0.6 is 0 Å². The van der Waals surface area contributed by atoms with Gasteiger partial charge in [0.1, 0.15) is 0 Å². The molecule has 1 amide bonds. The van der Waals surface area contributed by atoms with Crippen molar-refractivity contribution in [2.24, 2.45) is 0 Å². The van der Waals surface area contributed by atoms with Crippen LogP contribution in [0.2, 0.25) is 0 Å². The maximum absolute atomic E-state index is 12.6. The van der Waals surface area contributed by atoms with E-state index in [0.717, 1.165) is 30.4 Å². The second-order valence-electron chi connectivity index (χ2n) is 7.29. The summed E-state index contributed by atoms with van der Waals surface area (Å²) < 4.78 is 25.3. The van der Waals surface area contributed by atoms with Gasteiger partial charge in [-0.05, 0) is 60.7 Å². The highest BCUT2D eigenvalue weighted by Crippen LogP contribution is 2.25. The first-order chi connectivity index (χ1) is 14.4. The van der Waals surface area contributed by atoms with Gasteiger partial charge in [0.25, 0.3) is 5.56 Å². The summed E-state index contributed by atoms with van der Waals surface area (Å²) in [6.45, 7) is 0. The second-order valence-corrected chi connectivity index (χ2v) is 9.40. The number of benzene rings is 2. The number of carbonyl (C=O) groups is 1. The number of aromatic nitrogens is 2. The molecule has 0 fully saturated rings. The average molecular weight is 423 g/mol. The molecule has 3 aromatic rings. The lowest BCUT2D eigenvalue weighted by Crippen LogP contribution is -2.17. The molecule has 1 aliphatic rings. The standard InChI is InChI=1S/C22H21N3O4S/c26-21(11-12-30(28,29)19-8-7-15-3-1-4-16(15)14-19)23-18-6-2-5-17(13-18)20-9-10-22(27)25-24-20/h2,5-10,13-14H,1,3-4,11-12H2,(H,23,26)(H,25,27). The van der Waals surface area contributed by atoms with Gasteiger partial charge >= 0.3 is 0 Å². The first kappa shape index (κ1) is 20.0. The van der Waals surface area contributed by atoms with Crippen LogP contribution in [-0.2, 0) is 27.5 Å². The van der Waals surface area contributed by atoms with Crippen LogP contribution < -0.4 is 10.9 Å². The molecule has 0 radical (unpaired) electrons. The predicted molar refractivity (Wildman–Crippen MR) is 114 cm³/mol. The molecule has 0 bridgehead atoms. The molecule has 2 aromatic carbocycles. The zero-order valence-electron chi connectivity index (χ0n) is 16.2. The largest absolute Gasteiger partial charge is 0.326 e. The van der Waals surface area contributed by atoms with E-state index in [2.05, 4.69) is 15.5 Å². The van der Waals surface area contributed by atoms with Crippen LogP contribution in [0.25, 0.3) is 11.3 Å². The predicted octanol–water partition coefficient (Wildman–Crippen LogP) is 2.73. The maximum Gasteiger partial charge on any atom is 0.264 e. The molecule has 30 heavy (non-hydrogen) atoms. The van der Waals surface area contributed by atoms with Gasteiger partial charge in [0.2, 0.25) is 5.91 Å². The van der Waals surface area contributed by atoms with Crippen LogP contribution in [0, 0.1) is 0 Å². The van der Waals surface area contributed by atoms with Gasteiger partial charge in [0.15, 0.2) is 9.84 Å². The van der Waals surface area contributed by atoms with E-state index in [1.807, 2.05) is 6.07 Å². The number of carbonyl (C=O) groups excluding carboxylic acids is 1. The van der Waals surface area contributed by atoms with Crippen LogP contribution in [0.3, 0.4) is 0 Å². The summed E-state index contributed by atoms with van der Waals surface area (Å²) >= 11 is 0. The van der Waals surface area contributed by atoms with E-state index in [1.54, 1.807) is 42.5 Å². The number of nitrogens with zero attached hydrogens (tertiary/aromatic N) is 1. The highest BCUT2D eigenvalue weighted by Gasteiger charge is 2.20. The summed E-state index contributed by atoms with van der Waals surface area (Å²) in [4.78, 5) is 23.8. The van der Waals surface area contributed by atoms with Crippen molar-refractivity contribution in [3.63, 3.8) is 0 Å². The number of fused-ring (bicyclic) bond motifs is 1. The Kier molecular flexibility index (Phi) is 5.50. The molecule has 0 aliphatic heterocycles. The molecule has 0 unspecified atom stereocenters. The first-order valence-electron chi connectivity index (χ1n) is 9.71. The van der Waals surface area contributed by atoms with Crippen molar-refractivity contribution in [2.75, 3.05) is 11.1 Å². The number of hydrogen-bond donors (Lipinski definition) is 2. The van der Waals surface area contributed by atoms with Crippen molar-refractivity contribution in [1.29, 1.82) is 0 Å². The highest BCUT2D eigenvalue weighted by atomic mass is 32.2. The SMILES string of the molecule is O=C(CCS(=O)(=O)c1ccc2c(c1)CCC2)Nc1cccc(-c2ccc(=O)[nH]n2)c1. The topological polar surface area (TPSA) is 109 Å². The highest BCUT2D eigenvalue weighted by molar-refractivity contribution is 7.91. The van der Waals surface area contributed by atoms with Gasteiger partial charge in [-0.1, -0.05) is 18.2 Å². The monoisotopic (exact) mass is 423 g/mol. The van der Waals surface area contributed by atoms with E-state index >= 15 is 0 Å². The Hall–Kier alpha value is -3.26. The summed E-state index contributed by atoms with van der Waals surface area (Å²) in [6, 6.07) is 15.2. The molecule has 4 rings (SSSR count). The first-order valence-corrected chi connectivity index (χ1v) is 11.4. The van der Waals surface area contributed by atoms with E-state index in [4.69, 9.17) is 0 Å². The van der Waals surface area contributed by atoms with Crippen molar-refractivity contribution in [3.05, 3.63) is 76.1 Å². The van der Waals surface area contributed by atoms with Crippen LogP contribution in [0.1, 0.15) is 24.0 Å². The van der Waals surface area contributed by atoms with Crippen molar-refractivity contribution in [1.82, 2.24) is 10.2 Å². The van der Waals surface area contributed by atoms with Gasteiger partial charge in [-0.2, -0.15) is 5.10 Å². The Morgan fingerprint density at radius 1 is 1.03 bits per heavy atom. The number of hydrogen-bond acceptors (Lipinski definition) is 5. The molecule has 0 spiro atoms. The second kappa shape index (κ2) is 8.23. The van der Waals surface area contributed by atoms with Crippen molar-refractivity contribution in [2.45, 2.75) is 30.6 Å². The molecule has 154 valence electrons. The van der Waals surface area contributed by atoms with Gasteiger partial charge < -0.3 is 5.32 Å². The molecule has 0 saturated heterocycles. The summed E-state index contributed by atoms with van der Waals surface area (Å²) in [5.41, 5.74) is 3.81. The molecule has 1 aliphatic carbocycles. The van der Waals surface area contributed by atoms with Gasteiger partial charge in [-0.25, -0.2) is 13.5 Å².